The number of pyridine rings is 1. The first kappa shape index (κ1) is 21.2. The number of amides is 1. The van der Waals surface area contributed by atoms with Crippen molar-refractivity contribution in [3.8, 4) is 0 Å². The summed E-state index contributed by atoms with van der Waals surface area (Å²) in [5.74, 6) is -0.923. The molecule has 0 spiro atoms. The highest BCUT2D eigenvalue weighted by molar-refractivity contribution is 6.14. The molecule has 166 valence electrons. The number of hydrogen-bond donors (Lipinski definition) is 2. The smallest absolute Gasteiger partial charge is 0.356 e. The van der Waals surface area contributed by atoms with Crippen LogP contribution < -0.4 is 10.6 Å². The molecular formula is C22H24N6O4. The number of furan rings is 1. The van der Waals surface area contributed by atoms with E-state index in [1.165, 1.54) is 13.4 Å². The summed E-state index contributed by atoms with van der Waals surface area (Å²) in [4.78, 5) is 29.6. The van der Waals surface area contributed by atoms with Gasteiger partial charge in [-0.25, -0.2) is 9.78 Å². The molecule has 0 unspecified atom stereocenters. The zero-order chi connectivity index (χ0) is 22.7. The maximum Gasteiger partial charge on any atom is 0.356 e. The number of anilines is 2. The highest BCUT2D eigenvalue weighted by atomic mass is 16.5. The van der Waals surface area contributed by atoms with Crippen molar-refractivity contribution in [1.82, 2.24) is 19.3 Å². The minimum Gasteiger partial charge on any atom is -0.464 e. The Kier molecular flexibility index (Phi) is 5.93. The number of fused-ring (bicyclic) bond motifs is 1. The summed E-state index contributed by atoms with van der Waals surface area (Å²) >= 11 is 0. The third-order valence-electron chi connectivity index (χ3n) is 5.15. The number of methoxy groups -OCH3 is 1. The van der Waals surface area contributed by atoms with Crippen LogP contribution in [-0.4, -0.2) is 44.4 Å². The lowest BCUT2D eigenvalue weighted by molar-refractivity contribution is 0.0591. The Morgan fingerprint density at radius 1 is 1.31 bits per heavy atom. The van der Waals surface area contributed by atoms with E-state index in [9.17, 15) is 9.59 Å². The molecule has 2 N–H and O–H groups in total. The standard InChI is InChI=1S/C22H24N6O4/c1-14(7-10-28-9-5-8-24-28)25-15-12-16-18(26-21(29)17-6-4-11-32-17)19(22(30)31-3)27(2)20(16)23-13-15/h4-6,8-9,11-14,25H,7,10H2,1-3H3,(H,26,29)/t14-/m0/s1. The summed E-state index contributed by atoms with van der Waals surface area (Å²) in [5.41, 5.74) is 1.81. The SMILES string of the molecule is COC(=O)c1c(NC(=O)c2ccco2)c2cc(N[C@@H](C)CCn3cccn3)cnc2n1C. The Bertz CT molecular complexity index is 1230. The topological polar surface area (TPSA) is 116 Å². The molecule has 1 amide bonds. The number of aromatic nitrogens is 4. The van der Waals surface area contributed by atoms with Crippen molar-refractivity contribution in [2.24, 2.45) is 7.05 Å². The molecule has 10 nitrogen and oxygen atoms in total. The van der Waals surface area contributed by atoms with Crippen molar-refractivity contribution < 1.29 is 18.7 Å². The van der Waals surface area contributed by atoms with E-state index < -0.39 is 11.9 Å². The quantitative estimate of drug-likeness (QED) is 0.407. The Morgan fingerprint density at radius 2 is 2.16 bits per heavy atom. The monoisotopic (exact) mass is 436 g/mol. The summed E-state index contributed by atoms with van der Waals surface area (Å²) in [6.45, 7) is 2.84. The van der Waals surface area contributed by atoms with Crippen LogP contribution in [0.1, 0.15) is 34.4 Å². The number of nitrogens with one attached hydrogen (secondary N) is 2. The molecule has 4 aromatic rings. The van der Waals surface area contributed by atoms with Crippen LogP contribution in [0.2, 0.25) is 0 Å². The van der Waals surface area contributed by atoms with Crippen molar-refractivity contribution in [3.05, 3.63) is 60.6 Å². The van der Waals surface area contributed by atoms with Crippen molar-refractivity contribution in [2.45, 2.75) is 25.9 Å². The molecule has 4 aromatic heterocycles. The van der Waals surface area contributed by atoms with Gasteiger partial charge >= 0.3 is 5.97 Å². The number of nitrogens with zero attached hydrogens (tertiary/aromatic N) is 4. The van der Waals surface area contributed by atoms with Gasteiger partial charge in [-0.2, -0.15) is 5.10 Å². The molecule has 0 saturated heterocycles. The van der Waals surface area contributed by atoms with Gasteiger partial charge in [-0.3, -0.25) is 9.48 Å². The van der Waals surface area contributed by atoms with Crippen molar-refractivity contribution in [1.29, 1.82) is 0 Å². The van der Waals surface area contributed by atoms with Gasteiger partial charge in [0.1, 0.15) is 5.65 Å². The Labute approximate surface area is 184 Å². The summed E-state index contributed by atoms with van der Waals surface area (Å²) in [6.07, 6.45) is 7.64. The maximum absolute atomic E-state index is 12.6. The van der Waals surface area contributed by atoms with E-state index in [-0.39, 0.29) is 17.5 Å². The molecule has 32 heavy (non-hydrogen) atoms. The minimum absolute atomic E-state index is 0.132. The number of aryl methyl sites for hydroxylation is 2. The van der Waals surface area contributed by atoms with Crippen LogP contribution in [0.4, 0.5) is 11.4 Å². The molecule has 0 aliphatic carbocycles. The van der Waals surface area contributed by atoms with Gasteiger partial charge in [0.25, 0.3) is 5.91 Å². The van der Waals surface area contributed by atoms with Crippen molar-refractivity contribution >= 4 is 34.3 Å². The van der Waals surface area contributed by atoms with E-state index >= 15 is 0 Å². The predicted octanol–water partition coefficient (Wildman–Crippen LogP) is 3.29. The summed E-state index contributed by atoms with van der Waals surface area (Å²) in [6, 6.07) is 7.06. The van der Waals surface area contributed by atoms with Crippen LogP contribution in [0.15, 0.2) is 53.5 Å². The molecule has 10 heteroatoms. The van der Waals surface area contributed by atoms with E-state index in [1.54, 1.807) is 36.1 Å². The van der Waals surface area contributed by atoms with E-state index in [1.807, 2.05) is 23.0 Å². The summed E-state index contributed by atoms with van der Waals surface area (Å²) < 4.78 is 13.6. The zero-order valence-corrected chi connectivity index (χ0v) is 18.0. The Hall–Kier alpha value is -4.08. The Morgan fingerprint density at radius 3 is 2.84 bits per heavy atom. The van der Waals surface area contributed by atoms with Gasteiger partial charge in [0.15, 0.2) is 11.5 Å². The molecule has 4 rings (SSSR count). The first-order valence-electron chi connectivity index (χ1n) is 10.1. The first-order chi connectivity index (χ1) is 15.5. The summed E-state index contributed by atoms with van der Waals surface area (Å²) in [5, 5.41) is 11.0. The van der Waals surface area contributed by atoms with Gasteiger partial charge in [-0.05, 0) is 37.6 Å². The second-order valence-electron chi connectivity index (χ2n) is 7.40. The van der Waals surface area contributed by atoms with Gasteiger partial charge in [-0.15, -0.1) is 0 Å². The predicted molar refractivity (Wildman–Crippen MR) is 119 cm³/mol. The van der Waals surface area contributed by atoms with Gasteiger partial charge in [0, 0.05) is 37.4 Å². The largest absolute Gasteiger partial charge is 0.464 e. The molecule has 0 fully saturated rings. The number of ether oxygens (including phenoxy) is 1. The van der Waals surface area contributed by atoms with Crippen LogP contribution in [-0.2, 0) is 18.3 Å². The van der Waals surface area contributed by atoms with Crippen LogP contribution in [0.5, 0.6) is 0 Å². The van der Waals surface area contributed by atoms with Gasteiger partial charge < -0.3 is 24.4 Å². The molecule has 0 aliphatic rings. The van der Waals surface area contributed by atoms with Gasteiger partial charge in [0.05, 0.1) is 30.9 Å². The lowest BCUT2D eigenvalue weighted by Gasteiger charge is -2.15. The average molecular weight is 436 g/mol. The molecule has 4 heterocycles. The van der Waals surface area contributed by atoms with Crippen molar-refractivity contribution in [2.75, 3.05) is 17.7 Å². The lowest BCUT2D eigenvalue weighted by Crippen LogP contribution is -2.18. The molecule has 0 saturated carbocycles. The lowest BCUT2D eigenvalue weighted by atomic mass is 10.2. The number of esters is 1. The highest BCUT2D eigenvalue weighted by Gasteiger charge is 2.25. The number of carbonyl (C=O) groups is 2. The van der Waals surface area contributed by atoms with Gasteiger partial charge in [-0.1, -0.05) is 0 Å². The fourth-order valence-electron chi connectivity index (χ4n) is 3.55. The van der Waals surface area contributed by atoms with E-state index in [2.05, 4.69) is 27.6 Å². The van der Waals surface area contributed by atoms with E-state index in [0.717, 1.165) is 18.7 Å². The second kappa shape index (κ2) is 8.96. The molecule has 1 atom stereocenters. The number of hydrogen-bond acceptors (Lipinski definition) is 7. The van der Waals surface area contributed by atoms with Gasteiger partial charge in [0.2, 0.25) is 0 Å². The van der Waals surface area contributed by atoms with Crippen LogP contribution in [0, 0.1) is 0 Å². The van der Waals surface area contributed by atoms with E-state index in [0.29, 0.717) is 16.7 Å². The molecule has 0 aliphatic heterocycles. The van der Waals surface area contributed by atoms with E-state index in [4.69, 9.17) is 9.15 Å². The van der Waals surface area contributed by atoms with Crippen LogP contribution >= 0.6 is 0 Å². The minimum atomic E-state index is -0.581. The zero-order valence-electron chi connectivity index (χ0n) is 18.0. The number of carbonyl (C=O) groups excluding carboxylic acids is 2. The fourth-order valence-corrected chi connectivity index (χ4v) is 3.55. The fraction of sp³-hybridized carbons (Fsp3) is 0.273. The highest BCUT2D eigenvalue weighted by Crippen LogP contribution is 2.32. The Balaban J connectivity index is 1.64. The molecule has 0 radical (unpaired) electrons. The molecule has 0 aromatic carbocycles. The maximum atomic E-state index is 12.6. The third kappa shape index (κ3) is 4.20. The van der Waals surface area contributed by atoms with Crippen LogP contribution in [0.3, 0.4) is 0 Å². The molecule has 0 bridgehead atoms. The third-order valence-corrected chi connectivity index (χ3v) is 5.15. The number of rotatable bonds is 8. The normalized spacial score (nSPS) is 12.0. The van der Waals surface area contributed by atoms with Crippen LogP contribution in [0.25, 0.3) is 11.0 Å². The second-order valence-corrected chi connectivity index (χ2v) is 7.40. The average Bonchev–Trinajstić information content (AvgIpc) is 3.54. The summed E-state index contributed by atoms with van der Waals surface area (Å²) in [7, 11) is 2.99. The van der Waals surface area contributed by atoms with Crippen molar-refractivity contribution in [3.63, 3.8) is 0 Å². The molecular weight excluding hydrogens is 412 g/mol. The first-order valence-corrected chi connectivity index (χ1v) is 10.1.